The van der Waals surface area contributed by atoms with Crippen molar-refractivity contribution in [2.24, 2.45) is 5.92 Å². The molecule has 0 aromatic rings. The highest BCUT2D eigenvalue weighted by molar-refractivity contribution is 5.87. The van der Waals surface area contributed by atoms with Crippen molar-refractivity contribution in [1.82, 2.24) is 0 Å². The second-order valence-electron chi connectivity index (χ2n) is 8.09. The molecule has 0 aromatic carbocycles. The number of carbonyl (C=O) groups is 1. The van der Waals surface area contributed by atoms with Gasteiger partial charge in [-0.25, -0.2) is 4.79 Å². The number of hydrogen-bond donors (Lipinski definition) is 1. The average Bonchev–Trinajstić information content (AvgIpc) is 2.76. The number of aliphatic hydroxyl groups is 1. The van der Waals surface area contributed by atoms with E-state index in [2.05, 4.69) is 11.3 Å². The summed E-state index contributed by atoms with van der Waals surface area (Å²) >= 11 is 0. The summed E-state index contributed by atoms with van der Waals surface area (Å²) in [6.45, 7) is 8.03. The van der Waals surface area contributed by atoms with Crippen LogP contribution in [0.4, 0.5) is 22.0 Å². The molecule has 0 aromatic heterocycles. The smallest absolute Gasteiger partial charge is 0.449 e. The molecule has 1 aliphatic heterocycles. The van der Waals surface area contributed by atoms with Crippen LogP contribution < -0.4 is 0 Å². The maximum Gasteiger partial charge on any atom is 0.449 e. The van der Waals surface area contributed by atoms with E-state index in [0.717, 1.165) is 6.92 Å². The molecule has 0 amide bonds. The fraction of sp³-hybridized carbons (Fsp3) is 0.842. The third-order valence-corrected chi connectivity index (χ3v) is 6.12. The minimum absolute atomic E-state index is 0.226. The zero-order chi connectivity index (χ0) is 22.5. The summed E-state index contributed by atoms with van der Waals surface area (Å²) in [4.78, 5) is 11.6. The summed E-state index contributed by atoms with van der Waals surface area (Å²) in [6.07, 6.45) is -5.00. The molecule has 0 bridgehead atoms. The molecule has 2 rings (SSSR count). The topological polar surface area (TPSA) is 65.0 Å². The van der Waals surface area contributed by atoms with E-state index in [-0.39, 0.29) is 24.3 Å². The predicted octanol–water partition coefficient (Wildman–Crippen LogP) is 4.13. The monoisotopic (exact) mass is 430 g/mol. The van der Waals surface area contributed by atoms with Crippen LogP contribution in [0.15, 0.2) is 12.2 Å². The average molecular weight is 430 g/mol. The van der Waals surface area contributed by atoms with Gasteiger partial charge in [-0.3, -0.25) is 0 Å². The van der Waals surface area contributed by atoms with Gasteiger partial charge in [-0.1, -0.05) is 20.4 Å². The Morgan fingerprint density at radius 1 is 1.24 bits per heavy atom. The first kappa shape index (κ1) is 24.0. The molecule has 2 aliphatic rings. The van der Waals surface area contributed by atoms with Gasteiger partial charge in [0.1, 0.15) is 6.10 Å². The van der Waals surface area contributed by atoms with Gasteiger partial charge in [0.05, 0.1) is 12.2 Å². The third-order valence-electron chi connectivity index (χ3n) is 6.12. The third kappa shape index (κ3) is 3.67. The molecule has 1 saturated carbocycles. The van der Waals surface area contributed by atoms with Crippen molar-refractivity contribution < 1.29 is 46.1 Å². The number of alkyl halides is 5. The lowest BCUT2D eigenvalue weighted by atomic mass is 9.68. The molecular weight excluding hydrogens is 403 g/mol. The normalized spacial score (nSPS) is 34.6. The van der Waals surface area contributed by atoms with E-state index in [0.29, 0.717) is 12.8 Å². The van der Waals surface area contributed by atoms with Crippen LogP contribution in [0, 0.1) is 5.92 Å². The highest BCUT2D eigenvalue weighted by Gasteiger charge is 2.82. The molecule has 29 heavy (non-hydrogen) atoms. The summed E-state index contributed by atoms with van der Waals surface area (Å²) in [5, 5.41) is 9.59. The van der Waals surface area contributed by atoms with Gasteiger partial charge in [0.2, 0.25) is 0 Å². The van der Waals surface area contributed by atoms with Gasteiger partial charge in [-0.05, 0) is 45.4 Å². The Hall–Kier alpha value is -1.26. The Morgan fingerprint density at radius 2 is 1.76 bits per heavy atom. The van der Waals surface area contributed by atoms with Crippen LogP contribution >= 0.6 is 0 Å². The predicted molar refractivity (Wildman–Crippen MR) is 92.1 cm³/mol. The van der Waals surface area contributed by atoms with Crippen molar-refractivity contribution in [3.63, 3.8) is 0 Å². The number of hydrogen-bond acceptors (Lipinski definition) is 5. The molecule has 0 spiro atoms. The lowest BCUT2D eigenvalue weighted by Crippen LogP contribution is -2.65. The Kier molecular flexibility index (Phi) is 6.18. The van der Waals surface area contributed by atoms with Crippen LogP contribution in [0.2, 0.25) is 0 Å². The summed E-state index contributed by atoms with van der Waals surface area (Å²) < 4.78 is 83.9. The van der Waals surface area contributed by atoms with Crippen molar-refractivity contribution in [2.75, 3.05) is 6.61 Å². The Bertz CT molecular complexity index is 654. The van der Waals surface area contributed by atoms with Crippen LogP contribution in [0.5, 0.6) is 0 Å². The molecule has 5 nitrogen and oxygen atoms in total. The summed E-state index contributed by atoms with van der Waals surface area (Å²) in [5.41, 5.74) is -3.66. The first-order valence-corrected chi connectivity index (χ1v) is 9.46. The molecule has 1 N–H and O–H groups in total. The Balaban J connectivity index is 2.21. The van der Waals surface area contributed by atoms with E-state index < -0.39 is 47.8 Å². The molecular formula is C19H27F5O5. The summed E-state index contributed by atoms with van der Waals surface area (Å²) in [7, 11) is 0. The largest absolute Gasteiger partial charge is 0.459 e. The minimum Gasteiger partial charge on any atom is -0.459 e. The SMILES string of the molecule is C=C(C)C(=O)OC1CC(C(CC)(CC)OC2(C)COC(O)(C(F)(F)F)C2(F)F)C1. The molecule has 0 radical (unpaired) electrons. The number of rotatable bonds is 7. The molecule has 10 heteroatoms. The fourth-order valence-electron chi connectivity index (χ4n) is 3.98. The van der Waals surface area contributed by atoms with Crippen molar-refractivity contribution >= 4 is 5.97 Å². The van der Waals surface area contributed by atoms with Crippen molar-refractivity contribution in [3.05, 3.63) is 12.2 Å². The van der Waals surface area contributed by atoms with Crippen molar-refractivity contribution in [1.29, 1.82) is 0 Å². The first-order chi connectivity index (χ1) is 13.1. The lowest BCUT2D eigenvalue weighted by Gasteiger charge is -2.51. The number of esters is 1. The van der Waals surface area contributed by atoms with Crippen LogP contribution in [0.3, 0.4) is 0 Å². The highest BCUT2D eigenvalue weighted by Crippen LogP contribution is 2.57. The van der Waals surface area contributed by atoms with Gasteiger partial charge in [0.25, 0.3) is 0 Å². The molecule has 1 heterocycles. The van der Waals surface area contributed by atoms with Crippen molar-refractivity contribution in [3.8, 4) is 0 Å². The van der Waals surface area contributed by atoms with E-state index in [1.54, 1.807) is 13.8 Å². The molecule has 2 atom stereocenters. The lowest BCUT2D eigenvalue weighted by molar-refractivity contribution is -0.413. The zero-order valence-electron chi connectivity index (χ0n) is 16.9. The van der Waals surface area contributed by atoms with Gasteiger partial charge in [0, 0.05) is 5.57 Å². The number of ether oxygens (including phenoxy) is 3. The molecule has 2 unspecified atom stereocenters. The van der Waals surface area contributed by atoms with Gasteiger partial charge < -0.3 is 19.3 Å². The van der Waals surface area contributed by atoms with E-state index in [9.17, 15) is 31.9 Å². The van der Waals surface area contributed by atoms with Gasteiger partial charge in [0.15, 0.2) is 5.60 Å². The maximum absolute atomic E-state index is 14.8. The molecule has 1 aliphatic carbocycles. The first-order valence-electron chi connectivity index (χ1n) is 9.46. The molecule has 2 fully saturated rings. The fourth-order valence-corrected chi connectivity index (χ4v) is 3.98. The van der Waals surface area contributed by atoms with E-state index in [1.165, 1.54) is 6.92 Å². The van der Waals surface area contributed by atoms with E-state index >= 15 is 0 Å². The number of carbonyl (C=O) groups excluding carboxylic acids is 1. The van der Waals surface area contributed by atoms with Gasteiger partial charge in [-0.2, -0.15) is 22.0 Å². The van der Waals surface area contributed by atoms with Crippen LogP contribution in [0.25, 0.3) is 0 Å². The number of halogens is 5. The molecule has 168 valence electrons. The summed E-state index contributed by atoms with van der Waals surface area (Å²) in [5.74, 6) is -10.2. The van der Waals surface area contributed by atoms with Crippen LogP contribution in [-0.4, -0.2) is 52.9 Å². The standard InChI is InChI=1S/C19H27F5O5/c1-6-16(7-2,12-8-13(9-12)28-14(25)11(3)4)29-15(5)10-27-18(26,17(15,20)21)19(22,23)24/h12-13,26H,3,6-10H2,1-2,4-5H3. The second-order valence-corrected chi connectivity index (χ2v) is 8.09. The maximum atomic E-state index is 14.8. The minimum atomic E-state index is -5.70. The van der Waals surface area contributed by atoms with E-state index in [4.69, 9.17) is 9.47 Å². The Labute approximate surface area is 166 Å². The highest BCUT2D eigenvalue weighted by atomic mass is 19.4. The van der Waals surface area contributed by atoms with Crippen LogP contribution in [-0.2, 0) is 19.0 Å². The van der Waals surface area contributed by atoms with Gasteiger partial charge >= 0.3 is 23.9 Å². The van der Waals surface area contributed by atoms with E-state index in [1.807, 2.05) is 0 Å². The van der Waals surface area contributed by atoms with Crippen LogP contribution in [0.1, 0.15) is 53.4 Å². The van der Waals surface area contributed by atoms with Crippen molar-refractivity contribution in [2.45, 2.75) is 88.6 Å². The molecule has 1 saturated heterocycles. The quantitative estimate of drug-likeness (QED) is 0.374. The summed E-state index contributed by atoms with van der Waals surface area (Å²) in [6, 6.07) is 0. The van der Waals surface area contributed by atoms with Gasteiger partial charge in [-0.15, -0.1) is 0 Å². The Morgan fingerprint density at radius 3 is 2.14 bits per heavy atom. The zero-order valence-corrected chi connectivity index (χ0v) is 16.9. The second kappa shape index (κ2) is 7.46.